The highest BCUT2D eigenvalue weighted by Crippen LogP contribution is 2.24. The summed E-state index contributed by atoms with van der Waals surface area (Å²) >= 11 is 6.08. The summed E-state index contributed by atoms with van der Waals surface area (Å²) in [7, 11) is 0. The van der Waals surface area contributed by atoms with Gasteiger partial charge in [-0.3, -0.25) is 4.98 Å². The van der Waals surface area contributed by atoms with Crippen LogP contribution in [-0.2, 0) is 0 Å². The minimum atomic E-state index is 0.521. The van der Waals surface area contributed by atoms with Gasteiger partial charge in [-0.1, -0.05) is 11.6 Å². The number of piperazine rings is 1. The lowest BCUT2D eigenvalue weighted by Crippen LogP contribution is -2.49. The number of nitrogens with zero attached hydrogens (tertiary/aromatic N) is 2. The lowest BCUT2D eigenvalue weighted by atomic mass is 10.2. The fourth-order valence-corrected chi connectivity index (χ4v) is 2.01. The van der Waals surface area contributed by atoms with Gasteiger partial charge in [0.2, 0.25) is 0 Å². The molecule has 0 radical (unpaired) electrons. The lowest BCUT2D eigenvalue weighted by Gasteiger charge is -2.33. The van der Waals surface area contributed by atoms with Gasteiger partial charge in [0.1, 0.15) is 0 Å². The van der Waals surface area contributed by atoms with Crippen molar-refractivity contribution in [2.45, 2.75) is 13.0 Å². The zero-order valence-electron chi connectivity index (χ0n) is 8.20. The molecule has 0 spiro atoms. The number of hydrogen-bond donors (Lipinski definition) is 1. The van der Waals surface area contributed by atoms with E-state index in [9.17, 15) is 0 Å². The van der Waals surface area contributed by atoms with Gasteiger partial charge in [-0.05, 0) is 13.0 Å². The van der Waals surface area contributed by atoms with Crippen molar-refractivity contribution in [3.63, 3.8) is 0 Å². The molecule has 0 aromatic carbocycles. The Morgan fingerprint density at radius 1 is 1.64 bits per heavy atom. The van der Waals surface area contributed by atoms with E-state index in [0.717, 1.165) is 30.3 Å². The van der Waals surface area contributed by atoms with Crippen LogP contribution in [0.3, 0.4) is 0 Å². The second kappa shape index (κ2) is 4.15. The molecule has 1 aliphatic heterocycles. The van der Waals surface area contributed by atoms with Gasteiger partial charge in [0.25, 0.3) is 0 Å². The molecule has 1 aromatic heterocycles. The van der Waals surface area contributed by atoms with E-state index in [1.54, 1.807) is 12.4 Å². The maximum atomic E-state index is 6.08. The van der Waals surface area contributed by atoms with Gasteiger partial charge in [-0.2, -0.15) is 0 Å². The van der Waals surface area contributed by atoms with E-state index >= 15 is 0 Å². The normalized spacial score (nSPS) is 22.4. The summed E-state index contributed by atoms with van der Waals surface area (Å²) in [6, 6.07) is 2.49. The Kier molecular flexibility index (Phi) is 2.89. The number of nitrogens with one attached hydrogen (secondary N) is 1. The molecule has 2 rings (SSSR count). The first-order valence-corrected chi connectivity index (χ1v) is 5.23. The topological polar surface area (TPSA) is 28.2 Å². The average Bonchev–Trinajstić information content (AvgIpc) is 2.18. The van der Waals surface area contributed by atoms with Crippen molar-refractivity contribution in [1.29, 1.82) is 0 Å². The Balaban J connectivity index is 2.18. The third-order valence-corrected chi connectivity index (χ3v) is 2.75. The molecule has 0 amide bonds. The second-order valence-electron chi connectivity index (χ2n) is 3.63. The van der Waals surface area contributed by atoms with Crippen LogP contribution in [0.15, 0.2) is 18.5 Å². The summed E-state index contributed by atoms with van der Waals surface area (Å²) in [6.45, 7) is 5.21. The predicted molar refractivity (Wildman–Crippen MR) is 58.9 cm³/mol. The highest BCUT2D eigenvalue weighted by Gasteiger charge is 2.17. The van der Waals surface area contributed by atoms with Gasteiger partial charge in [0, 0.05) is 38.1 Å². The molecule has 76 valence electrons. The zero-order chi connectivity index (χ0) is 9.97. The monoisotopic (exact) mass is 211 g/mol. The van der Waals surface area contributed by atoms with E-state index in [-0.39, 0.29) is 0 Å². The summed E-state index contributed by atoms with van der Waals surface area (Å²) < 4.78 is 0. The number of pyridine rings is 1. The molecular formula is C10H14ClN3. The summed E-state index contributed by atoms with van der Waals surface area (Å²) in [6.07, 6.45) is 3.48. The largest absolute Gasteiger partial charge is 0.367 e. The van der Waals surface area contributed by atoms with Crippen LogP contribution in [0.2, 0.25) is 5.02 Å². The molecule has 1 aliphatic rings. The zero-order valence-corrected chi connectivity index (χ0v) is 8.96. The molecule has 0 aliphatic carbocycles. The molecule has 1 fully saturated rings. The molecule has 0 bridgehead atoms. The minimum absolute atomic E-state index is 0.521. The van der Waals surface area contributed by atoms with Gasteiger partial charge in [-0.15, -0.1) is 0 Å². The van der Waals surface area contributed by atoms with Crippen LogP contribution in [0.1, 0.15) is 6.92 Å². The van der Waals surface area contributed by atoms with Gasteiger partial charge in [-0.25, -0.2) is 0 Å². The summed E-state index contributed by atoms with van der Waals surface area (Å²) in [5, 5.41) is 4.14. The molecule has 2 heterocycles. The van der Waals surface area contributed by atoms with E-state index < -0.39 is 0 Å². The van der Waals surface area contributed by atoms with Crippen molar-refractivity contribution in [2.24, 2.45) is 0 Å². The van der Waals surface area contributed by atoms with Crippen LogP contribution in [-0.4, -0.2) is 30.7 Å². The van der Waals surface area contributed by atoms with Crippen LogP contribution < -0.4 is 10.2 Å². The Labute approximate surface area is 89.1 Å². The van der Waals surface area contributed by atoms with Crippen LogP contribution in [0.4, 0.5) is 5.69 Å². The predicted octanol–water partition coefficient (Wildman–Crippen LogP) is 1.53. The standard InChI is InChI=1S/C10H14ClN3/c1-8-7-14(5-4-13-8)10-2-3-12-6-9(10)11/h2-3,6,8,13H,4-5,7H2,1H3. The Bertz CT molecular complexity index is 316. The summed E-state index contributed by atoms with van der Waals surface area (Å²) in [5.41, 5.74) is 1.09. The second-order valence-corrected chi connectivity index (χ2v) is 4.04. The van der Waals surface area contributed by atoms with Crippen LogP contribution >= 0.6 is 11.6 Å². The van der Waals surface area contributed by atoms with Crippen molar-refractivity contribution < 1.29 is 0 Å². The van der Waals surface area contributed by atoms with Gasteiger partial charge < -0.3 is 10.2 Å². The number of halogens is 1. The third kappa shape index (κ3) is 1.99. The van der Waals surface area contributed by atoms with E-state index in [1.807, 2.05) is 6.07 Å². The molecular weight excluding hydrogens is 198 g/mol. The fourth-order valence-electron chi connectivity index (χ4n) is 1.78. The maximum absolute atomic E-state index is 6.08. The highest BCUT2D eigenvalue weighted by molar-refractivity contribution is 6.33. The number of rotatable bonds is 1. The molecule has 1 atom stereocenters. The highest BCUT2D eigenvalue weighted by atomic mass is 35.5. The smallest absolute Gasteiger partial charge is 0.0822 e. The molecule has 1 saturated heterocycles. The van der Waals surface area contributed by atoms with Crippen molar-refractivity contribution in [2.75, 3.05) is 24.5 Å². The minimum Gasteiger partial charge on any atom is -0.367 e. The van der Waals surface area contributed by atoms with Crippen LogP contribution in [0.25, 0.3) is 0 Å². The Hall–Kier alpha value is -0.800. The van der Waals surface area contributed by atoms with Crippen molar-refractivity contribution in [3.05, 3.63) is 23.5 Å². The quantitative estimate of drug-likeness (QED) is 0.764. The van der Waals surface area contributed by atoms with Crippen molar-refractivity contribution in [1.82, 2.24) is 10.3 Å². The molecule has 0 saturated carbocycles. The lowest BCUT2D eigenvalue weighted by molar-refractivity contribution is 0.485. The maximum Gasteiger partial charge on any atom is 0.0822 e. The molecule has 1 unspecified atom stereocenters. The molecule has 1 aromatic rings. The van der Waals surface area contributed by atoms with Crippen LogP contribution in [0.5, 0.6) is 0 Å². The third-order valence-electron chi connectivity index (χ3n) is 2.46. The summed E-state index contributed by atoms with van der Waals surface area (Å²) in [5.74, 6) is 0. The average molecular weight is 212 g/mol. The van der Waals surface area contributed by atoms with E-state index in [2.05, 4.69) is 22.1 Å². The molecule has 3 nitrogen and oxygen atoms in total. The number of aromatic nitrogens is 1. The molecule has 1 N–H and O–H groups in total. The first-order chi connectivity index (χ1) is 6.77. The van der Waals surface area contributed by atoms with Gasteiger partial charge >= 0.3 is 0 Å². The van der Waals surface area contributed by atoms with Gasteiger partial charge in [0.05, 0.1) is 10.7 Å². The SMILES string of the molecule is CC1CN(c2ccncc2Cl)CCN1. The fraction of sp³-hybridized carbons (Fsp3) is 0.500. The Morgan fingerprint density at radius 2 is 2.50 bits per heavy atom. The first kappa shape index (κ1) is 9.74. The molecule has 4 heteroatoms. The van der Waals surface area contributed by atoms with Crippen molar-refractivity contribution >= 4 is 17.3 Å². The van der Waals surface area contributed by atoms with Crippen LogP contribution in [0, 0.1) is 0 Å². The van der Waals surface area contributed by atoms with Crippen molar-refractivity contribution in [3.8, 4) is 0 Å². The van der Waals surface area contributed by atoms with E-state index in [0.29, 0.717) is 6.04 Å². The number of anilines is 1. The summed E-state index contributed by atoms with van der Waals surface area (Å²) in [4.78, 5) is 6.28. The van der Waals surface area contributed by atoms with E-state index in [4.69, 9.17) is 11.6 Å². The Morgan fingerprint density at radius 3 is 3.21 bits per heavy atom. The number of hydrogen-bond acceptors (Lipinski definition) is 3. The van der Waals surface area contributed by atoms with E-state index in [1.165, 1.54) is 0 Å². The van der Waals surface area contributed by atoms with Gasteiger partial charge in [0.15, 0.2) is 0 Å². The molecule has 14 heavy (non-hydrogen) atoms. The first-order valence-electron chi connectivity index (χ1n) is 4.85.